The lowest BCUT2D eigenvalue weighted by atomic mass is 9.91. The minimum atomic E-state index is -2.99. The summed E-state index contributed by atoms with van der Waals surface area (Å²) in [5.74, 6) is 0.444. The van der Waals surface area contributed by atoms with Crippen molar-refractivity contribution in [1.82, 2.24) is 10.6 Å². The number of carbonyl (C=O) groups is 1. The van der Waals surface area contributed by atoms with Gasteiger partial charge in [-0.1, -0.05) is 6.92 Å². The molecule has 2 unspecified atom stereocenters. The Kier molecular flexibility index (Phi) is 4.73. The Morgan fingerprint density at radius 3 is 2.69 bits per heavy atom. The van der Waals surface area contributed by atoms with E-state index < -0.39 is 9.84 Å². The monoisotopic (exact) mass is 248 g/mol. The topological polar surface area (TPSA) is 75.3 Å². The third kappa shape index (κ3) is 4.94. The van der Waals surface area contributed by atoms with E-state index in [0.717, 1.165) is 13.0 Å². The van der Waals surface area contributed by atoms with E-state index in [-0.39, 0.29) is 24.1 Å². The summed E-state index contributed by atoms with van der Waals surface area (Å²) in [6.07, 6.45) is 2.04. The zero-order chi connectivity index (χ0) is 12.2. The Hall–Kier alpha value is -0.620. The molecule has 1 amide bonds. The lowest BCUT2D eigenvalue weighted by Gasteiger charge is -2.26. The zero-order valence-corrected chi connectivity index (χ0v) is 10.6. The Morgan fingerprint density at radius 2 is 2.12 bits per heavy atom. The third-order valence-corrected chi connectivity index (χ3v) is 3.66. The van der Waals surface area contributed by atoms with Crippen LogP contribution in [0.15, 0.2) is 0 Å². The fourth-order valence-corrected chi connectivity index (χ4v) is 2.33. The molecule has 94 valence electrons. The normalized spacial score (nSPS) is 26.4. The Labute approximate surface area is 96.9 Å². The maximum Gasteiger partial charge on any atom is 0.224 e. The minimum Gasteiger partial charge on any atom is -0.355 e. The SMILES string of the molecule is CC1CNCC(C(=O)NCCS(C)(=O)=O)C1. The van der Waals surface area contributed by atoms with E-state index in [2.05, 4.69) is 17.6 Å². The van der Waals surface area contributed by atoms with Crippen molar-refractivity contribution in [2.45, 2.75) is 13.3 Å². The summed E-state index contributed by atoms with van der Waals surface area (Å²) in [6, 6.07) is 0. The third-order valence-electron chi connectivity index (χ3n) is 2.71. The van der Waals surface area contributed by atoms with Gasteiger partial charge in [0.05, 0.1) is 11.7 Å². The summed E-state index contributed by atoms with van der Waals surface area (Å²) < 4.78 is 21.8. The summed E-state index contributed by atoms with van der Waals surface area (Å²) in [7, 11) is -2.99. The molecule has 1 heterocycles. The second-order valence-corrected chi connectivity index (χ2v) is 6.88. The van der Waals surface area contributed by atoms with Crippen LogP contribution in [-0.2, 0) is 14.6 Å². The van der Waals surface area contributed by atoms with Crippen LogP contribution in [0.1, 0.15) is 13.3 Å². The maximum absolute atomic E-state index is 11.7. The highest BCUT2D eigenvalue weighted by molar-refractivity contribution is 7.90. The van der Waals surface area contributed by atoms with Gasteiger partial charge >= 0.3 is 0 Å². The highest BCUT2D eigenvalue weighted by Gasteiger charge is 2.24. The molecule has 5 nitrogen and oxygen atoms in total. The van der Waals surface area contributed by atoms with Crippen molar-refractivity contribution in [3.05, 3.63) is 0 Å². The van der Waals surface area contributed by atoms with E-state index in [4.69, 9.17) is 0 Å². The van der Waals surface area contributed by atoms with Crippen molar-refractivity contribution in [2.75, 3.05) is 31.6 Å². The summed E-state index contributed by atoms with van der Waals surface area (Å²) >= 11 is 0. The van der Waals surface area contributed by atoms with Gasteiger partial charge in [0, 0.05) is 19.3 Å². The van der Waals surface area contributed by atoms with Crippen molar-refractivity contribution >= 4 is 15.7 Å². The van der Waals surface area contributed by atoms with Crippen LogP contribution < -0.4 is 10.6 Å². The zero-order valence-electron chi connectivity index (χ0n) is 9.82. The summed E-state index contributed by atoms with van der Waals surface area (Å²) in [6.45, 7) is 3.95. The molecule has 0 aromatic rings. The first-order chi connectivity index (χ1) is 7.38. The predicted octanol–water partition coefficient (Wildman–Crippen LogP) is -0.607. The lowest BCUT2D eigenvalue weighted by molar-refractivity contribution is -0.125. The molecule has 0 aromatic heterocycles. The molecule has 1 rings (SSSR count). The van der Waals surface area contributed by atoms with Gasteiger partial charge in [-0.15, -0.1) is 0 Å². The molecule has 0 radical (unpaired) electrons. The quantitative estimate of drug-likeness (QED) is 0.696. The van der Waals surface area contributed by atoms with Gasteiger partial charge in [0.1, 0.15) is 9.84 Å². The number of nitrogens with one attached hydrogen (secondary N) is 2. The van der Waals surface area contributed by atoms with Gasteiger partial charge in [-0.25, -0.2) is 8.42 Å². The first kappa shape index (κ1) is 13.4. The molecule has 1 aliphatic heterocycles. The van der Waals surface area contributed by atoms with Crippen LogP contribution in [0.2, 0.25) is 0 Å². The minimum absolute atomic E-state index is 0.00838. The van der Waals surface area contributed by atoms with Gasteiger partial charge in [-0.3, -0.25) is 4.79 Å². The molecule has 16 heavy (non-hydrogen) atoms. The lowest BCUT2D eigenvalue weighted by Crippen LogP contribution is -2.44. The molecule has 1 aliphatic rings. The Balaban J connectivity index is 2.29. The van der Waals surface area contributed by atoms with Gasteiger partial charge in [-0.2, -0.15) is 0 Å². The molecule has 0 saturated carbocycles. The number of amides is 1. The fraction of sp³-hybridized carbons (Fsp3) is 0.900. The van der Waals surface area contributed by atoms with Crippen molar-refractivity contribution in [3.63, 3.8) is 0 Å². The van der Waals surface area contributed by atoms with Crippen LogP contribution in [0.4, 0.5) is 0 Å². The number of sulfone groups is 1. The highest BCUT2D eigenvalue weighted by atomic mass is 32.2. The van der Waals surface area contributed by atoms with Gasteiger partial charge < -0.3 is 10.6 Å². The number of hydrogen-bond donors (Lipinski definition) is 2. The average Bonchev–Trinajstić information content (AvgIpc) is 2.15. The smallest absolute Gasteiger partial charge is 0.224 e. The predicted molar refractivity (Wildman–Crippen MR) is 62.9 cm³/mol. The second kappa shape index (κ2) is 5.63. The first-order valence-corrected chi connectivity index (χ1v) is 7.60. The van der Waals surface area contributed by atoms with Gasteiger partial charge in [0.15, 0.2) is 0 Å². The summed E-state index contributed by atoms with van der Waals surface area (Å²) in [5.41, 5.74) is 0. The molecule has 0 bridgehead atoms. The van der Waals surface area contributed by atoms with E-state index in [9.17, 15) is 13.2 Å². The Bertz CT molecular complexity index is 340. The molecule has 1 saturated heterocycles. The second-order valence-electron chi connectivity index (χ2n) is 4.62. The van der Waals surface area contributed by atoms with Crippen molar-refractivity contribution in [1.29, 1.82) is 0 Å². The van der Waals surface area contributed by atoms with E-state index in [1.54, 1.807) is 0 Å². The van der Waals surface area contributed by atoms with Crippen LogP contribution >= 0.6 is 0 Å². The van der Waals surface area contributed by atoms with Crippen LogP contribution in [0, 0.1) is 11.8 Å². The van der Waals surface area contributed by atoms with Crippen LogP contribution in [0.25, 0.3) is 0 Å². The van der Waals surface area contributed by atoms with E-state index in [0.29, 0.717) is 12.5 Å². The average molecular weight is 248 g/mol. The molecule has 2 atom stereocenters. The van der Waals surface area contributed by atoms with Crippen molar-refractivity contribution in [3.8, 4) is 0 Å². The molecule has 0 aromatic carbocycles. The van der Waals surface area contributed by atoms with Crippen molar-refractivity contribution in [2.24, 2.45) is 11.8 Å². The maximum atomic E-state index is 11.7. The van der Waals surface area contributed by atoms with Crippen LogP contribution in [0.5, 0.6) is 0 Å². The van der Waals surface area contributed by atoms with Crippen LogP contribution in [0.3, 0.4) is 0 Å². The summed E-state index contributed by atoms with van der Waals surface area (Å²) in [5, 5.41) is 5.86. The van der Waals surface area contributed by atoms with E-state index in [1.807, 2.05) is 0 Å². The number of rotatable bonds is 4. The first-order valence-electron chi connectivity index (χ1n) is 5.54. The molecular weight excluding hydrogens is 228 g/mol. The Morgan fingerprint density at radius 1 is 1.44 bits per heavy atom. The molecule has 0 spiro atoms. The van der Waals surface area contributed by atoms with E-state index >= 15 is 0 Å². The fourth-order valence-electron chi connectivity index (χ4n) is 1.86. The van der Waals surface area contributed by atoms with Crippen LogP contribution in [-0.4, -0.2) is 46.0 Å². The van der Waals surface area contributed by atoms with Gasteiger partial charge in [0.2, 0.25) is 5.91 Å². The highest BCUT2D eigenvalue weighted by Crippen LogP contribution is 2.15. The largest absolute Gasteiger partial charge is 0.355 e. The number of hydrogen-bond acceptors (Lipinski definition) is 4. The number of piperidine rings is 1. The molecule has 1 fully saturated rings. The van der Waals surface area contributed by atoms with Crippen molar-refractivity contribution < 1.29 is 13.2 Å². The number of carbonyl (C=O) groups excluding carboxylic acids is 1. The van der Waals surface area contributed by atoms with Gasteiger partial charge in [0.25, 0.3) is 0 Å². The summed E-state index contributed by atoms with van der Waals surface area (Å²) in [4.78, 5) is 11.7. The van der Waals surface area contributed by atoms with Gasteiger partial charge in [-0.05, 0) is 18.9 Å². The standard InChI is InChI=1S/C10H20N2O3S/c1-8-5-9(7-11-6-8)10(13)12-3-4-16(2,14)15/h8-9,11H,3-7H2,1-2H3,(H,12,13). The molecule has 2 N–H and O–H groups in total. The molecular formula is C10H20N2O3S. The molecule has 6 heteroatoms. The van der Waals surface area contributed by atoms with E-state index in [1.165, 1.54) is 6.26 Å². The molecule has 0 aliphatic carbocycles.